The zero-order chi connectivity index (χ0) is 19.7. The van der Waals surface area contributed by atoms with Crippen LogP contribution in [-0.4, -0.2) is 19.8 Å². The van der Waals surface area contributed by atoms with Crippen molar-refractivity contribution in [2.75, 3.05) is 19.8 Å². The first kappa shape index (κ1) is 21.2. The van der Waals surface area contributed by atoms with E-state index in [4.69, 9.17) is 0 Å². The number of rotatable bonds is 10. The molecular weight excluding hydrogens is 425 g/mol. The number of hydrogen-bond donors (Lipinski definition) is 1. The summed E-state index contributed by atoms with van der Waals surface area (Å²) < 4.78 is 1.23. The molecule has 0 unspecified atom stereocenters. The second kappa shape index (κ2) is 10.9. The maximum atomic E-state index is 3.89. The number of unbranched alkanes of at least 4 members (excludes halogenated alkanes) is 3. The van der Waals surface area contributed by atoms with Crippen LogP contribution in [0, 0.1) is 0 Å². The van der Waals surface area contributed by atoms with Gasteiger partial charge in [-0.1, -0.05) is 55.0 Å². The van der Waals surface area contributed by atoms with Gasteiger partial charge in [-0.2, -0.15) is 0 Å². The van der Waals surface area contributed by atoms with Gasteiger partial charge in [-0.25, -0.2) is 0 Å². The molecule has 3 aromatic rings. The van der Waals surface area contributed by atoms with Crippen molar-refractivity contribution in [1.29, 1.82) is 0 Å². The summed E-state index contributed by atoms with van der Waals surface area (Å²) >= 11 is 3.89. The van der Waals surface area contributed by atoms with Crippen LogP contribution in [-0.2, 0) is 0 Å². The van der Waals surface area contributed by atoms with E-state index < -0.39 is 7.26 Å². The van der Waals surface area contributed by atoms with Gasteiger partial charge >= 0.3 is 0 Å². The summed E-state index contributed by atoms with van der Waals surface area (Å²) in [6.07, 6.45) is 6.30. The first-order chi connectivity index (χ1) is 13.8. The van der Waals surface area contributed by atoms with Crippen molar-refractivity contribution in [1.82, 2.24) is 5.32 Å². The normalized spacial score (nSPS) is 11.5. The Kier molecular flexibility index (Phi) is 8.27. The Bertz CT molecular complexity index is 796. The lowest BCUT2D eigenvalue weighted by atomic mass is 10.2. The Balaban J connectivity index is 2.04. The molecule has 0 bridgehead atoms. The molecule has 0 saturated heterocycles. The van der Waals surface area contributed by atoms with Gasteiger partial charge in [-0.3, -0.25) is 0 Å². The van der Waals surface area contributed by atoms with Gasteiger partial charge in [-0.05, 0) is 85.2 Å². The highest BCUT2D eigenvalue weighted by Crippen LogP contribution is 2.57. The summed E-state index contributed by atoms with van der Waals surface area (Å²) in [6, 6.07) is 31.2. The standard InChI is InChI=1S/C25H30BrNP/c1-27-20-12-2-3-13-21-28(22-14-6-4-7-15-22,23-16-8-5-9-17-23)25-19-11-10-18-24(25)26/h4-11,14-19,27H,2-3,12-13,20-21H2,1H3/q+1. The van der Waals surface area contributed by atoms with Gasteiger partial charge in [0.05, 0.1) is 10.6 Å². The van der Waals surface area contributed by atoms with E-state index in [0.29, 0.717) is 0 Å². The van der Waals surface area contributed by atoms with Crippen LogP contribution in [0.4, 0.5) is 0 Å². The van der Waals surface area contributed by atoms with E-state index in [0.717, 1.165) is 6.54 Å². The Morgan fingerprint density at radius 2 is 1.21 bits per heavy atom. The van der Waals surface area contributed by atoms with Gasteiger partial charge in [0, 0.05) is 0 Å². The lowest BCUT2D eigenvalue weighted by molar-refractivity contribution is 0.636. The first-order valence-electron chi connectivity index (χ1n) is 10.2. The summed E-state index contributed by atoms with van der Waals surface area (Å²) in [5.74, 6) is 0. The lowest BCUT2D eigenvalue weighted by Gasteiger charge is -2.28. The topological polar surface area (TPSA) is 12.0 Å². The molecule has 0 saturated carbocycles. The van der Waals surface area contributed by atoms with Crippen molar-refractivity contribution >= 4 is 39.1 Å². The minimum atomic E-state index is -1.71. The highest BCUT2D eigenvalue weighted by atomic mass is 79.9. The molecule has 0 radical (unpaired) electrons. The summed E-state index contributed by atoms with van der Waals surface area (Å²) in [6.45, 7) is 1.11. The van der Waals surface area contributed by atoms with Crippen LogP contribution in [0.5, 0.6) is 0 Å². The Hall–Kier alpha value is -1.47. The molecule has 0 atom stereocenters. The number of benzene rings is 3. The van der Waals surface area contributed by atoms with Crippen molar-refractivity contribution in [2.24, 2.45) is 0 Å². The van der Waals surface area contributed by atoms with Crippen molar-refractivity contribution in [3.63, 3.8) is 0 Å². The molecular formula is C25H30BrNP+. The average molecular weight is 455 g/mol. The summed E-state index contributed by atoms with van der Waals surface area (Å²) in [7, 11) is 0.327. The van der Waals surface area contributed by atoms with E-state index in [1.165, 1.54) is 52.2 Å². The van der Waals surface area contributed by atoms with E-state index >= 15 is 0 Å². The molecule has 3 heteroatoms. The van der Waals surface area contributed by atoms with E-state index in [1.54, 1.807) is 0 Å². The van der Waals surface area contributed by atoms with Gasteiger partial charge < -0.3 is 5.32 Å². The fourth-order valence-corrected chi connectivity index (χ4v) is 9.58. The summed E-state index contributed by atoms with van der Waals surface area (Å²) in [5.41, 5.74) is 0. The Morgan fingerprint density at radius 1 is 0.679 bits per heavy atom. The average Bonchev–Trinajstić information content (AvgIpc) is 2.75. The predicted octanol–water partition coefficient (Wildman–Crippen LogP) is 5.52. The van der Waals surface area contributed by atoms with Crippen LogP contribution < -0.4 is 21.2 Å². The van der Waals surface area contributed by atoms with E-state index in [2.05, 4.69) is 106 Å². The molecule has 0 heterocycles. The van der Waals surface area contributed by atoms with Crippen molar-refractivity contribution in [2.45, 2.75) is 25.7 Å². The molecule has 0 aliphatic carbocycles. The highest BCUT2D eigenvalue weighted by molar-refractivity contribution is 9.10. The highest BCUT2D eigenvalue weighted by Gasteiger charge is 2.45. The smallest absolute Gasteiger partial charge is 0.118 e. The van der Waals surface area contributed by atoms with Gasteiger partial charge in [0.25, 0.3) is 0 Å². The molecule has 3 rings (SSSR count). The summed E-state index contributed by atoms with van der Waals surface area (Å²) in [5, 5.41) is 7.67. The van der Waals surface area contributed by atoms with Crippen LogP contribution in [0.15, 0.2) is 89.4 Å². The number of halogens is 1. The second-order valence-corrected chi connectivity index (χ2v) is 11.6. The van der Waals surface area contributed by atoms with Crippen LogP contribution in [0.3, 0.4) is 0 Å². The second-order valence-electron chi connectivity index (χ2n) is 7.17. The molecule has 3 aromatic carbocycles. The van der Waals surface area contributed by atoms with Crippen LogP contribution in [0.25, 0.3) is 0 Å². The van der Waals surface area contributed by atoms with Crippen molar-refractivity contribution < 1.29 is 0 Å². The zero-order valence-electron chi connectivity index (χ0n) is 16.7. The van der Waals surface area contributed by atoms with Gasteiger partial charge in [0.15, 0.2) is 0 Å². The van der Waals surface area contributed by atoms with E-state index in [-0.39, 0.29) is 0 Å². The number of nitrogens with one attached hydrogen (secondary N) is 1. The molecule has 146 valence electrons. The van der Waals surface area contributed by atoms with Gasteiger partial charge in [0.2, 0.25) is 0 Å². The van der Waals surface area contributed by atoms with Crippen LogP contribution in [0.2, 0.25) is 0 Å². The monoisotopic (exact) mass is 454 g/mol. The largest absolute Gasteiger partial charge is 0.320 e. The van der Waals surface area contributed by atoms with Crippen molar-refractivity contribution in [3.8, 4) is 0 Å². The minimum absolute atomic E-state index is 1.11. The third-order valence-corrected chi connectivity index (χ3v) is 10.9. The van der Waals surface area contributed by atoms with E-state index in [1.807, 2.05) is 7.05 Å². The minimum Gasteiger partial charge on any atom is -0.320 e. The summed E-state index contributed by atoms with van der Waals surface area (Å²) in [4.78, 5) is 0. The Morgan fingerprint density at radius 3 is 1.79 bits per heavy atom. The van der Waals surface area contributed by atoms with Crippen LogP contribution in [0.1, 0.15) is 25.7 Å². The van der Waals surface area contributed by atoms with Gasteiger partial charge in [-0.15, -0.1) is 0 Å². The molecule has 0 spiro atoms. The molecule has 28 heavy (non-hydrogen) atoms. The SMILES string of the molecule is CNCCCCCC[P+](c1ccccc1)(c1ccccc1)c1ccccc1Br. The molecule has 1 nitrogen and oxygen atoms in total. The fourth-order valence-electron chi connectivity index (χ4n) is 3.94. The zero-order valence-corrected chi connectivity index (χ0v) is 19.1. The molecule has 0 amide bonds. The van der Waals surface area contributed by atoms with Gasteiger partial charge in [0.1, 0.15) is 23.2 Å². The quantitative estimate of drug-likeness (QED) is 0.314. The Labute approximate surface area is 179 Å². The fraction of sp³-hybridized carbons (Fsp3) is 0.280. The molecule has 0 aliphatic heterocycles. The maximum absolute atomic E-state index is 3.89. The number of hydrogen-bond acceptors (Lipinski definition) is 1. The molecule has 0 aromatic heterocycles. The third-order valence-electron chi connectivity index (χ3n) is 5.33. The lowest BCUT2D eigenvalue weighted by Crippen LogP contribution is -2.34. The van der Waals surface area contributed by atoms with Crippen LogP contribution >= 0.6 is 23.2 Å². The molecule has 1 N–H and O–H groups in total. The predicted molar refractivity (Wildman–Crippen MR) is 130 cm³/mol. The molecule has 0 fully saturated rings. The van der Waals surface area contributed by atoms with Crippen molar-refractivity contribution in [3.05, 3.63) is 89.4 Å². The maximum Gasteiger partial charge on any atom is 0.118 e. The van der Waals surface area contributed by atoms with E-state index in [9.17, 15) is 0 Å². The first-order valence-corrected chi connectivity index (χ1v) is 12.9. The third kappa shape index (κ3) is 4.92. The molecule has 0 aliphatic rings.